The molecule has 2 unspecified atom stereocenters. The van der Waals surface area contributed by atoms with Crippen LogP contribution in [-0.2, 0) is 23.4 Å². The summed E-state index contributed by atoms with van der Waals surface area (Å²) >= 11 is 0. The van der Waals surface area contributed by atoms with Crippen LogP contribution >= 0.6 is 8.18 Å². The Bertz CT molecular complexity index is 1070. The van der Waals surface area contributed by atoms with Crippen LogP contribution in [0, 0.1) is 0 Å². The van der Waals surface area contributed by atoms with Gasteiger partial charge in [0.25, 0.3) is 8.18 Å². The summed E-state index contributed by atoms with van der Waals surface area (Å²) in [5, 5.41) is 13.1. The Morgan fingerprint density at radius 2 is 2.12 bits per heavy atom. The molecule has 3 rings (SSSR count). The number of hydrogen-bond acceptors (Lipinski definition) is 11. The molecule has 3 heterocycles. The van der Waals surface area contributed by atoms with E-state index in [2.05, 4.69) is 20.0 Å². The molecule has 0 bridgehead atoms. The van der Waals surface area contributed by atoms with Crippen LogP contribution in [0.5, 0.6) is 0 Å². The van der Waals surface area contributed by atoms with E-state index in [0.29, 0.717) is 11.3 Å². The Balaban J connectivity index is 1.73. The Morgan fingerprint density at radius 1 is 1.44 bits per heavy atom. The maximum Gasteiger partial charge on any atom is 0.323 e. The molecule has 0 aromatic carbocycles. The quantitative estimate of drug-likeness (QED) is 0.326. The number of rotatable bonds is 9. The molecule has 1 aliphatic rings. The summed E-state index contributed by atoms with van der Waals surface area (Å²) < 4.78 is 45.2. The highest BCUT2D eigenvalue weighted by Gasteiger charge is 2.55. The number of anilines is 2. The van der Waals surface area contributed by atoms with Crippen molar-refractivity contribution in [2.24, 2.45) is 0 Å². The van der Waals surface area contributed by atoms with Crippen molar-refractivity contribution in [3.8, 4) is 0 Å². The van der Waals surface area contributed by atoms with Crippen molar-refractivity contribution in [3.05, 3.63) is 6.33 Å². The minimum Gasteiger partial charge on any atom is -0.462 e. The number of nitrogen functional groups attached to an aromatic ring is 1. The zero-order valence-corrected chi connectivity index (χ0v) is 20.9. The monoisotopic (exact) mass is 503 g/mol. The molecule has 1 saturated heterocycles. The Morgan fingerprint density at radius 3 is 2.74 bits per heavy atom. The van der Waals surface area contributed by atoms with Crippen LogP contribution in [0.25, 0.3) is 11.2 Å². The van der Waals surface area contributed by atoms with Crippen molar-refractivity contribution in [1.29, 1.82) is 0 Å². The number of nitrogens with two attached hydrogens (primary N) is 1. The second-order valence-electron chi connectivity index (χ2n) is 8.70. The molecule has 0 saturated carbocycles. The number of carbonyl (C=O) groups is 1. The van der Waals surface area contributed by atoms with E-state index in [0.717, 1.165) is 0 Å². The standard InChI is InChI=1S/C19H31FN7O6P/c1-9(2)32-16(29)10(3)25-34(30)31-7-11-13(28)19(4,20)17(33-11)27-8-22-12-14(26(5)6)23-18(21)24-15(12)27/h8-11,13,17,28,34H,7H2,1-6H3,(H,25,30)(H2,21,23,24)/t10-,11?,13+,17+,19+/m0/s1. The first-order chi connectivity index (χ1) is 15.8. The summed E-state index contributed by atoms with van der Waals surface area (Å²) in [5.41, 5.74) is 4.16. The van der Waals surface area contributed by atoms with E-state index < -0.39 is 44.3 Å². The number of esters is 1. The lowest BCUT2D eigenvalue weighted by atomic mass is 9.98. The minimum absolute atomic E-state index is 0.0354. The number of fused-ring (bicyclic) bond motifs is 1. The highest BCUT2D eigenvalue weighted by atomic mass is 31.1. The van der Waals surface area contributed by atoms with Crippen LogP contribution in [0.3, 0.4) is 0 Å². The zero-order chi connectivity index (χ0) is 25.4. The predicted molar refractivity (Wildman–Crippen MR) is 122 cm³/mol. The van der Waals surface area contributed by atoms with Crippen LogP contribution in [0.1, 0.15) is 33.9 Å². The van der Waals surface area contributed by atoms with E-state index in [1.807, 2.05) is 0 Å². The van der Waals surface area contributed by atoms with Crippen LogP contribution in [0.2, 0.25) is 0 Å². The largest absolute Gasteiger partial charge is 0.462 e. The summed E-state index contributed by atoms with van der Waals surface area (Å²) in [6.45, 7) is 5.65. The molecule has 34 heavy (non-hydrogen) atoms. The molecule has 0 spiro atoms. The number of hydrogen-bond donors (Lipinski definition) is 3. The fraction of sp³-hybridized carbons (Fsp3) is 0.684. The number of halogens is 1. The first-order valence-electron chi connectivity index (χ1n) is 10.7. The van der Waals surface area contributed by atoms with Gasteiger partial charge in [-0.15, -0.1) is 0 Å². The topological polar surface area (TPSA) is 167 Å². The smallest absolute Gasteiger partial charge is 0.323 e. The van der Waals surface area contributed by atoms with Crippen molar-refractivity contribution in [2.75, 3.05) is 31.3 Å². The lowest BCUT2D eigenvalue weighted by Gasteiger charge is -2.24. The lowest BCUT2D eigenvalue weighted by molar-refractivity contribution is -0.149. The van der Waals surface area contributed by atoms with Gasteiger partial charge < -0.3 is 29.7 Å². The number of aliphatic hydroxyl groups excluding tert-OH is 1. The summed E-state index contributed by atoms with van der Waals surface area (Å²) in [7, 11) is 0.587. The lowest BCUT2D eigenvalue weighted by Crippen LogP contribution is -2.40. The van der Waals surface area contributed by atoms with Gasteiger partial charge in [0.05, 0.1) is 19.0 Å². The molecule has 1 fully saturated rings. The van der Waals surface area contributed by atoms with Gasteiger partial charge in [0.2, 0.25) is 5.95 Å². The molecule has 0 radical (unpaired) electrons. The highest BCUT2D eigenvalue weighted by molar-refractivity contribution is 7.36. The Hall–Kier alpha value is -2.38. The Labute approximate surface area is 196 Å². The predicted octanol–water partition coefficient (Wildman–Crippen LogP) is 0.797. The fourth-order valence-corrected chi connectivity index (χ4v) is 4.39. The molecule has 0 amide bonds. The maximum absolute atomic E-state index is 15.6. The number of alkyl halides is 1. The molecule has 6 atom stereocenters. The molecule has 0 aliphatic carbocycles. The zero-order valence-electron chi connectivity index (χ0n) is 19.9. The van der Waals surface area contributed by atoms with E-state index in [1.165, 1.54) is 24.7 Å². The van der Waals surface area contributed by atoms with Crippen molar-refractivity contribution in [2.45, 2.75) is 63.9 Å². The first kappa shape index (κ1) is 26.2. The molecule has 4 N–H and O–H groups in total. The number of imidazole rings is 1. The van der Waals surface area contributed by atoms with Crippen molar-refractivity contribution in [3.63, 3.8) is 0 Å². The van der Waals surface area contributed by atoms with Gasteiger partial charge >= 0.3 is 5.97 Å². The third kappa shape index (κ3) is 5.31. The van der Waals surface area contributed by atoms with Crippen LogP contribution in [0.15, 0.2) is 6.33 Å². The highest BCUT2D eigenvalue weighted by Crippen LogP contribution is 2.43. The van der Waals surface area contributed by atoms with E-state index in [9.17, 15) is 14.5 Å². The summed E-state index contributed by atoms with van der Waals surface area (Å²) in [4.78, 5) is 26.1. The van der Waals surface area contributed by atoms with Crippen LogP contribution < -0.4 is 15.7 Å². The van der Waals surface area contributed by atoms with Crippen molar-refractivity contribution >= 4 is 37.1 Å². The number of nitrogens with zero attached hydrogens (tertiary/aromatic N) is 5. The van der Waals surface area contributed by atoms with Gasteiger partial charge in [-0.05, 0) is 27.7 Å². The molecule has 190 valence electrons. The van der Waals surface area contributed by atoms with Gasteiger partial charge in [0.1, 0.15) is 18.2 Å². The summed E-state index contributed by atoms with van der Waals surface area (Å²) in [5.74, 6) is -0.183. The fourth-order valence-electron chi connectivity index (χ4n) is 3.52. The van der Waals surface area contributed by atoms with Gasteiger partial charge in [-0.25, -0.2) is 14.5 Å². The third-order valence-electron chi connectivity index (χ3n) is 5.23. The SMILES string of the molecule is CC(C)OC(=O)[C@H](C)N[PH](=O)OCC1O[C@@H](n2cnc3c(N(C)C)nc(N)nc32)[C@](C)(F)[C@@H]1O. The van der Waals surface area contributed by atoms with E-state index >= 15 is 4.39 Å². The van der Waals surface area contributed by atoms with Gasteiger partial charge in [-0.2, -0.15) is 9.97 Å². The van der Waals surface area contributed by atoms with E-state index in [4.69, 9.17) is 19.7 Å². The molecule has 1 aliphatic heterocycles. The number of nitrogens with one attached hydrogen (secondary N) is 1. The molecular formula is C19H31FN7O6P. The molecule has 2 aromatic heterocycles. The van der Waals surface area contributed by atoms with Crippen LogP contribution in [-0.4, -0.2) is 81.3 Å². The van der Waals surface area contributed by atoms with Gasteiger partial charge in [-0.1, -0.05) is 0 Å². The van der Waals surface area contributed by atoms with Crippen molar-refractivity contribution in [1.82, 2.24) is 24.6 Å². The summed E-state index contributed by atoms with van der Waals surface area (Å²) in [6, 6.07) is -0.879. The van der Waals surface area contributed by atoms with Gasteiger partial charge in [0, 0.05) is 14.1 Å². The second kappa shape index (κ2) is 10.1. The summed E-state index contributed by atoms with van der Waals surface area (Å²) in [6.07, 6.45) is -3.08. The van der Waals surface area contributed by atoms with E-state index in [1.54, 1.807) is 32.8 Å². The number of carbonyl (C=O) groups excluding carboxylic acids is 1. The number of aliphatic hydroxyl groups is 1. The average Bonchev–Trinajstić information content (AvgIpc) is 3.23. The number of aromatic nitrogens is 4. The molecule has 15 heteroatoms. The molecule has 2 aromatic rings. The third-order valence-corrected chi connectivity index (χ3v) is 6.33. The van der Waals surface area contributed by atoms with Gasteiger partial charge in [-0.3, -0.25) is 13.9 Å². The first-order valence-corrected chi connectivity index (χ1v) is 12.0. The van der Waals surface area contributed by atoms with Crippen molar-refractivity contribution < 1.29 is 32.9 Å². The Kier molecular flexibility index (Phi) is 7.78. The molecular weight excluding hydrogens is 472 g/mol. The minimum atomic E-state index is -2.92. The molecule has 13 nitrogen and oxygen atoms in total. The normalized spacial score (nSPS) is 26.7. The number of ether oxygens (including phenoxy) is 2. The van der Waals surface area contributed by atoms with Crippen LogP contribution in [0.4, 0.5) is 16.2 Å². The average molecular weight is 503 g/mol. The van der Waals surface area contributed by atoms with Gasteiger partial charge in [0.15, 0.2) is 28.9 Å². The maximum atomic E-state index is 15.6. The van der Waals surface area contributed by atoms with E-state index in [-0.39, 0.29) is 24.3 Å². The second-order valence-corrected chi connectivity index (χ2v) is 9.85.